The number of anilines is 2. The van der Waals surface area contributed by atoms with Crippen LogP contribution in [0.4, 0.5) is 20.2 Å². The largest absolute Gasteiger partial charge is 0.506 e. The molecular weight excluding hydrogens is 322 g/mol. The van der Waals surface area contributed by atoms with Crippen molar-refractivity contribution in [1.29, 1.82) is 0 Å². The Morgan fingerprint density at radius 1 is 0.917 bits per heavy atom. The van der Waals surface area contributed by atoms with E-state index in [1.54, 1.807) is 0 Å². The molecule has 0 radical (unpaired) electrons. The Morgan fingerprint density at radius 3 is 1.50 bits per heavy atom. The second-order valence-corrected chi connectivity index (χ2v) is 4.68. The highest BCUT2D eigenvalue weighted by Gasteiger charge is 2.26. The van der Waals surface area contributed by atoms with Crippen molar-refractivity contribution in [3.8, 4) is 11.5 Å². The zero-order chi connectivity index (χ0) is 18.4. The number of para-hydroxylation sites is 2. The van der Waals surface area contributed by atoms with Crippen molar-refractivity contribution in [1.82, 2.24) is 0 Å². The summed E-state index contributed by atoms with van der Waals surface area (Å²) in [6, 6.07) is 6.84. The minimum absolute atomic E-state index is 0.333. The van der Waals surface area contributed by atoms with E-state index in [0.717, 1.165) is 31.2 Å². The molecule has 0 atom stereocenters. The van der Waals surface area contributed by atoms with Crippen LogP contribution in [-0.4, -0.2) is 22.0 Å². The zero-order valence-electron chi connectivity index (χ0n) is 13.0. The summed E-state index contributed by atoms with van der Waals surface area (Å²) in [4.78, 5) is 21.5. The number of rotatable bonds is 2. The third kappa shape index (κ3) is 4.42. The van der Waals surface area contributed by atoms with Crippen LogP contribution in [-0.2, 0) is 9.59 Å². The van der Waals surface area contributed by atoms with Crippen molar-refractivity contribution in [3.63, 3.8) is 0 Å². The summed E-state index contributed by atoms with van der Waals surface area (Å²) < 4.78 is 27.7. The summed E-state index contributed by atoms with van der Waals surface area (Å²) in [7, 11) is 0. The van der Waals surface area contributed by atoms with Crippen LogP contribution in [0.5, 0.6) is 11.5 Å². The van der Waals surface area contributed by atoms with Gasteiger partial charge in [0.1, 0.15) is 22.9 Å². The van der Waals surface area contributed by atoms with Crippen LogP contribution in [0.1, 0.15) is 13.8 Å². The first-order valence-corrected chi connectivity index (χ1v) is 6.68. The van der Waals surface area contributed by atoms with E-state index in [2.05, 4.69) is 5.73 Å². The van der Waals surface area contributed by atoms with E-state index in [1.807, 2.05) is 0 Å². The molecule has 0 saturated heterocycles. The van der Waals surface area contributed by atoms with Crippen LogP contribution in [0.2, 0.25) is 0 Å². The SMILES string of the molecule is CC(=O)N(c1c(O)cccc1F)c1c(O)cccc1F.CC(N)=O. The van der Waals surface area contributed by atoms with Gasteiger partial charge in [-0.3, -0.25) is 14.5 Å². The van der Waals surface area contributed by atoms with Gasteiger partial charge in [0.05, 0.1) is 0 Å². The molecule has 0 saturated carbocycles. The van der Waals surface area contributed by atoms with Crippen LogP contribution >= 0.6 is 0 Å². The number of carbonyl (C=O) groups is 2. The fourth-order valence-electron chi connectivity index (χ4n) is 1.88. The topological polar surface area (TPSA) is 104 Å². The molecule has 0 fully saturated rings. The summed E-state index contributed by atoms with van der Waals surface area (Å²) in [5, 5.41) is 19.4. The van der Waals surface area contributed by atoms with Crippen molar-refractivity contribution in [3.05, 3.63) is 48.0 Å². The van der Waals surface area contributed by atoms with Gasteiger partial charge in [0, 0.05) is 13.8 Å². The molecule has 0 unspecified atom stereocenters. The summed E-state index contributed by atoms with van der Waals surface area (Å²) in [5.74, 6) is -4.00. The fraction of sp³-hybridized carbons (Fsp3) is 0.125. The number of nitrogens with two attached hydrogens (primary N) is 1. The van der Waals surface area contributed by atoms with Gasteiger partial charge >= 0.3 is 0 Å². The maximum Gasteiger partial charge on any atom is 0.228 e. The maximum atomic E-state index is 13.9. The Balaban J connectivity index is 0.000000648. The number of phenolic OH excluding ortho intramolecular Hbond substituents is 2. The molecule has 2 rings (SSSR count). The summed E-state index contributed by atoms with van der Waals surface area (Å²) in [6.07, 6.45) is 0. The fourth-order valence-corrected chi connectivity index (χ4v) is 1.88. The first-order chi connectivity index (χ1) is 11.2. The van der Waals surface area contributed by atoms with E-state index in [-0.39, 0.29) is 5.91 Å². The quantitative estimate of drug-likeness (QED) is 0.783. The molecule has 0 spiro atoms. The van der Waals surface area contributed by atoms with Gasteiger partial charge in [0.25, 0.3) is 0 Å². The minimum atomic E-state index is -0.914. The second-order valence-electron chi connectivity index (χ2n) is 4.68. The molecular formula is C16H16F2N2O4. The van der Waals surface area contributed by atoms with E-state index in [4.69, 9.17) is 0 Å². The van der Waals surface area contributed by atoms with Crippen molar-refractivity contribution >= 4 is 23.2 Å². The van der Waals surface area contributed by atoms with E-state index >= 15 is 0 Å². The molecule has 0 aliphatic heterocycles. The first-order valence-electron chi connectivity index (χ1n) is 6.68. The van der Waals surface area contributed by atoms with Crippen LogP contribution in [0.25, 0.3) is 0 Å². The highest BCUT2D eigenvalue weighted by molar-refractivity contribution is 6.02. The normalized spacial score (nSPS) is 9.67. The predicted octanol–water partition coefficient (Wildman–Crippen LogP) is 2.55. The number of halogens is 2. The number of aromatic hydroxyl groups is 2. The lowest BCUT2D eigenvalue weighted by Crippen LogP contribution is -2.25. The Hall–Kier alpha value is -3.16. The Morgan fingerprint density at radius 2 is 1.25 bits per heavy atom. The van der Waals surface area contributed by atoms with Crippen molar-refractivity contribution in [2.24, 2.45) is 5.73 Å². The molecule has 0 aliphatic carbocycles. The van der Waals surface area contributed by atoms with Crippen molar-refractivity contribution in [2.45, 2.75) is 13.8 Å². The standard InChI is InChI=1S/C14H11F2NO3.C2H5NO/c1-8(18)17(13-9(15)4-2-6-11(13)19)14-10(16)5-3-7-12(14)20;1-2(3)4/h2-7,19-20H,1H3;1H3,(H2,3,4). The average Bonchev–Trinajstić information content (AvgIpc) is 2.44. The van der Waals surface area contributed by atoms with Crippen molar-refractivity contribution in [2.75, 3.05) is 4.90 Å². The monoisotopic (exact) mass is 338 g/mol. The molecule has 6 nitrogen and oxygen atoms in total. The lowest BCUT2D eigenvalue weighted by Gasteiger charge is -2.23. The first kappa shape index (κ1) is 18.9. The number of hydrogen-bond acceptors (Lipinski definition) is 4. The second kappa shape index (κ2) is 7.91. The average molecular weight is 338 g/mol. The highest BCUT2D eigenvalue weighted by Crippen LogP contribution is 2.40. The molecule has 8 heteroatoms. The van der Waals surface area contributed by atoms with Gasteiger partial charge < -0.3 is 15.9 Å². The molecule has 0 aliphatic rings. The van der Waals surface area contributed by atoms with Gasteiger partial charge in [-0.1, -0.05) is 12.1 Å². The summed E-state index contributed by atoms with van der Waals surface area (Å²) in [6.45, 7) is 2.37. The highest BCUT2D eigenvalue weighted by atomic mass is 19.1. The number of hydrogen-bond donors (Lipinski definition) is 3. The number of amides is 2. The number of primary amides is 1. The molecule has 128 valence electrons. The van der Waals surface area contributed by atoms with Gasteiger partial charge in [-0.15, -0.1) is 0 Å². The van der Waals surface area contributed by atoms with E-state index in [9.17, 15) is 28.6 Å². The summed E-state index contributed by atoms with van der Waals surface area (Å²) >= 11 is 0. The van der Waals surface area contributed by atoms with Crippen LogP contribution in [0.15, 0.2) is 36.4 Å². The lowest BCUT2D eigenvalue weighted by atomic mass is 10.2. The Labute approximate surface area is 136 Å². The third-order valence-corrected chi connectivity index (χ3v) is 2.69. The predicted molar refractivity (Wildman–Crippen MR) is 83.8 cm³/mol. The van der Waals surface area contributed by atoms with E-state index in [1.165, 1.54) is 19.1 Å². The molecule has 24 heavy (non-hydrogen) atoms. The number of carbonyl (C=O) groups excluding carboxylic acids is 2. The Bertz CT molecular complexity index is 670. The molecule has 0 heterocycles. The van der Waals surface area contributed by atoms with Gasteiger partial charge in [0.2, 0.25) is 11.8 Å². The zero-order valence-corrected chi connectivity index (χ0v) is 13.0. The number of benzene rings is 2. The lowest BCUT2D eigenvalue weighted by molar-refractivity contribution is -0.116. The minimum Gasteiger partial charge on any atom is -0.506 e. The van der Waals surface area contributed by atoms with Crippen molar-refractivity contribution < 1.29 is 28.6 Å². The van der Waals surface area contributed by atoms with Crippen LogP contribution < -0.4 is 10.6 Å². The summed E-state index contributed by atoms with van der Waals surface area (Å²) in [5.41, 5.74) is 3.45. The van der Waals surface area contributed by atoms with Gasteiger partial charge in [-0.2, -0.15) is 0 Å². The molecule has 0 bridgehead atoms. The van der Waals surface area contributed by atoms with Gasteiger partial charge in [-0.25, -0.2) is 8.78 Å². The van der Waals surface area contributed by atoms with Gasteiger partial charge in [-0.05, 0) is 24.3 Å². The smallest absolute Gasteiger partial charge is 0.228 e. The molecule has 4 N–H and O–H groups in total. The third-order valence-electron chi connectivity index (χ3n) is 2.69. The number of nitrogens with zero attached hydrogens (tertiary/aromatic N) is 1. The maximum absolute atomic E-state index is 13.9. The Kier molecular flexibility index (Phi) is 6.22. The van der Waals surface area contributed by atoms with E-state index in [0.29, 0.717) is 4.90 Å². The molecule has 0 aromatic heterocycles. The van der Waals surface area contributed by atoms with E-state index < -0.39 is 40.4 Å². The molecule has 2 aromatic carbocycles. The van der Waals surface area contributed by atoms with Gasteiger partial charge in [0.15, 0.2) is 11.6 Å². The molecule has 2 amide bonds. The van der Waals surface area contributed by atoms with Crippen LogP contribution in [0.3, 0.4) is 0 Å². The molecule has 2 aromatic rings. The van der Waals surface area contributed by atoms with Crippen LogP contribution in [0, 0.1) is 11.6 Å². The number of phenols is 2.